The standard InChI is InChI=1S/C22H17F2N5OS2/c23-21(24)32-18-10-8-16(9-11-18)26-19(30)14-31-22-28-27-20(15-5-4-12-25-13-15)29(22)17-6-2-1-3-7-17/h1-13,21H,14H2,(H,26,30). The van der Waals surface area contributed by atoms with Crippen LogP contribution in [0.3, 0.4) is 0 Å². The van der Waals surface area contributed by atoms with Crippen LogP contribution in [0.5, 0.6) is 0 Å². The number of pyridine rings is 1. The van der Waals surface area contributed by atoms with Gasteiger partial charge in [-0.15, -0.1) is 10.2 Å². The number of carbonyl (C=O) groups excluding carboxylic acids is 1. The molecule has 0 aliphatic rings. The first-order valence-electron chi connectivity index (χ1n) is 9.49. The predicted molar refractivity (Wildman–Crippen MR) is 122 cm³/mol. The van der Waals surface area contributed by atoms with Crippen molar-refractivity contribution in [2.75, 3.05) is 11.1 Å². The first-order valence-corrected chi connectivity index (χ1v) is 11.4. The number of hydrogen-bond donors (Lipinski definition) is 1. The number of hydrogen-bond acceptors (Lipinski definition) is 6. The third kappa shape index (κ3) is 5.51. The van der Waals surface area contributed by atoms with Crippen molar-refractivity contribution in [3.63, 3.8) is 0 Å². The van der Waals surface area contributed by atoms with Gasteiger partial charge >= 0.3 is 0 Å². The van der Waals surface area contributed by atoms with Gasteiger partial charge in [-0.05, 0) is 48.5 Å². The Balaban J connectivity index is 1.48. The van der Waals surface area contributed by atoms with Gasteiger partial charge in [-0.25, -0.2) is 0 Å². The Morgan fingerprint density at radius 2 is 1.78 bits per heavy atom. The number of alkyl halides is 2. The van der Waals surface area contributed by atoms with E-state index in [9.17, 15) is 13.6 Å². The number of anilines is 1. The molecule has 0 aliphatic heterocycles. The van der Waals surface area contributed by atoms with Gasteiger partial charge in [-0.3, -0.25) is 14.3 Å². The van der Waals surface area contributed by atoms with E-state index in [0.717, 1.165) is 11.3 Å². The molecule has 0 atom stereocenters. The number of aromatic nitrogens is 4. The maximum Gasteiger partial charge on any atom is 0.288 e. The Kier molecular flexibility index (Phi) is 7.13. The summed E-state index contributed by atoms with van der Waals surface area (Å²) in [5, 5.41) is 11.9. The molecule has 0 spiro atoms. The lowest BCUT2D eigenvalue weighted by Crippen LogP contribution is -2.14. The Morgan fingerprint density at radius 1 is 1.00 bits per heavy atom. The number of amides is 1. The summed E-state index contributed by atoms with van der Waals surface area (Å²) in [5.41, 5.74) is 2.21. The third-order valence-electron chi connectivity index (χ3n) is 4.26. The number of thioether (sulfide) groups is 2. The van der Waals surface area contributed by atoms with Crippen LogP contribution in [0.4, 0.5) is 14.5 Å². The van der Waals surface area contributed by atoms with Crippen molar-refractivity contribution in [3.05, 3.63) is 79.1 Å². The SMILES string of the molecule is O=C(CSc1nnc(-c2cccnc2)n1-c1ccccc1)Nc1ccc(SC(F)F)cc1. The summed E-state index contributed by atoms with van der Waals surface area (Å²) in [6.07, 6.45) is 3.39. The van der Waals surface area contributed by atoms with Gasteiger partial charge in [0, 0.05) is 34.2 Å². The van der Waals surface area contributed by atoms with Crippen molar-refractivity contribution in [2.24, 2.45) is 0 Å². The molecule has 0 saturated carbocycles. The van der Waals surface area contributed by atoms with Crippen LogP contribution in [-0.2, 0) is 4.79 Å². The van der Waals surface area contributed by atoms with Gasteiger partial charge in [0.25, 0.3) is 5.76 Å². The van der Waals surface area contributed by atoms with Crippen LogP contribution in [0.25, 0.3) is 17.1 Å². The minimum atomic E-state index is -2.48. The largest absolute Gasteiger partial charge is 0.325 e. The van der Waals surface area contributed by atoms with Crippen molar-refractivity contribution >= 4 is 35.1 Å². The summed E-state index contributed by atoms with van der Waals surface area (Å²) >= 11 is 1.71. The van der Waals surface area contributed by atoms with Crippen LogP contribution in [0.15, 0.2) is 89.2 Å². The smallest absolute Gasteiger partial charge is 0.288 e. The third-order valence-corrected chi connectivity index (χ3v) is 5.91. The van der Waals surface area contributed by atoms with Crippen LogP contribution in [0.2, 0.25) is 0 Å². The predicted octanol–water partition coefficient (Wildman–Crippen LogP) is 5.37. The highest BCUT2D eigenvalue weighted by Crippen LogP contribution is 2.28. The number of nitrogens with one attached hydrogen (secondary N) is 1. The van der Waals surface area contributed by atoms with E-state index in [-0.39, 0.29) is 11.7 Å². The number of para-hydroxylation sites is 1. The highest BCUT2D eigenvalue weighted by atomic mass is 32.2. The van der Waals surface area contributed by atoms with Gasteiger partial charge < -0.3 is 5.32 Å². The van der Waals surface area contributed by atoms with E-state index in [1.807, 2.05) is 47.0 Å². The number of benzene rings is 2. The topological polar surface area (TPSA) is 72.7 Å². The van der Waals surface area contributed by atoms with E-state index < -0.39 is 5.76 Å². The molecule has 0 fully saturated rings. The Bertz CT molecular complexity index is 1170. The Hall–Kier alpha value is -3.24. The summed E-state index contributed by atoms with van der Waals surface area (Å²) in [6.45, 7) is 0. The fourth-order valence-corrected chi connectivity index (χ4v) is 4.15. The zero-order valence-electron chi connectivity index (χ0n) is 16.6. The molecular formula is C22H17F2N5OS2. The Morgan fingerprint density at radius 3 is 2.47 bits per heavy atom. The molecular weight excluding hydrogens is 452 g/mol. The van der Waals surface area contributed by atoms with Crippen molar-refractivity contribution in [1.29, 1.82) is 0 Å². The Labute approximate surface area is 191 Å². The van der Waals surface area contributed by atoms with Gasteiger partial charge in [0.05, 0.1) is 5.75 Å². The lowest BCUT2D eigenvalue weighted by atomic mass is 10.2. The van der Waals surface area contributed by atoms with Crippen molar-refractivity contribution in [3.8, 4) is 17.1 Å². The molecule has 10 heteroatoms. The number of rotatable bonds is 8. The summed E-state index contributed by atoms with van der Waals surface area (Å²) in [7, 11) is 0. The minimum absolute atomic E-state index is 0.103. The average molecular weight is 470 g/mol. The van der Waals surface area contributed by atoms with Crippen molar-refractivity contribution in [1.82, 2.24) is 19.7 Å². The fourth-order valence-electron chi connectivity index (χ4n) is 2.90. The average Bonchev–Trinajstić information content (AvgIpc) is 3.24. The first kappa shape index (κ1) is 22.0. The number of halogens is 2. The van der Waals surface area contributed by atoms with E-state index in [2.05, 4.69) is 20.5 Å². The first-order chi connectivity index (χ1) is 15.6. The van der Waals surface area contributed by atoms with Gasteiger partial charge in [0.1, 0.15) is 0 Å². The number of carbonyl (C=O) groups is 1. The molecule has 0 aliphatic carbocycles. The van der Waals surface area contributed by atoms with E-state index in [0.29, 0.717) is 33.3 Å². The normalized spacial score (nSPS) is 11.0. The molecule has 2 aromatic carbocycles. The van der Waals surface area contributed by atoms with Crippen LogP contribution in [0.1, 0.15) is 0 Å². The van der Waals surface area contributed by atoms with Crippen LogP contribution < -0.4 is 5.32 Å². The molecule has 32 heavy (non-hydrogen) atoms. The van der Waals surface area contributed by atoms with E-state index in [1.54, 1.807) is 36.7 Å². The molecule has 4 rings (SSSR count). The lowest BCUT2D eigenvalue weighted by molar-refractivity contribution is -0.113. The van der Waals surface area contributed by atoms with Gasteiger partial charge in [0.15, 0.2) is 11.0 Å². The molecule has 2 aromatic heterocycles. The van der Waals surface area contributed by atoms with Gasteiger partial charge in [-0.1, -0.05) is 41.7 Å². The monoisotopic (exact) mass is 469 g/mol. The maximum absolute atomic E-state index is 12.4. The second-order valence-electron chi connectivity index (χ2n) is 6.46. The van der Waals surface area contributed by atoms with E-state index in [1.165, 1.54) is 11.8 Å². The lowest BCUT2D eigenvalue weighted by Gasteiger charge is -2.10. The van der Waals surface area contributed by atoms with Gasteiger partial charge in [0.2, 0.25) is 5.91 Å². The molecule has 162 valence electrons. The summed E-state index contributed by atoms with van der Waals surface area (Å²) < 4.78 is 26.7. The quantitative estimate of drug-likeness (QED) is 0.350. The highest BCUT2D eigenvalue weighted by Gasteiger charge is 2.17. The molecule has 2 heterocycles. The van der Waals surface area contributed by atoms with E-state index in [4.69, 9.17) is 0 Å². The zero-order valence-corrected chi connectivity index (χ0v) is 18.2. The summed E-state index contributed by atoms with van der Waals surface area (Å²) in [4.78, 5) is 17.0. The molecule has 1 amide bonds. The highest BCUT2D eigenvalue weighted by molar-refractivity contribution is 8.00. The number of nitrogens with zero attached hydrogens (tertiary/aromatic N) is 4. The molecule has 0 unspecified atom stereocenters. The minimum Gasteiger partial charge on any atom is -0.325 e. The van der Waals surface area contributed by atoms with Crippen LogP contribution >= 0.6 is 23.5 Å². The fraction of sp³-hybridized carbons (Fsp3) is 0.0909. The second-order valence-corrected chi connectivity index (χ2v) is 8.46. The van der Waals surface area contributed by atoms with Crippen molar-refractivity contribution in [2.45, 2.75) is 15.8 Å². The van der Waals surface area contributed by atoms with Crippen LogP contribution in [0, 0.1) is 0 Å². The summed E-state index contributed by atoms with van der Waals surface area (Å²) in [5.74, 6) is -1.99. The molecule has 1 N–H and O–H groups in total. The molecule has 0 bridgehead atoms. The van der Waals surface area contributed by atoms with Crippen LogP contribution in [-0.4, -0.2) is 37.2 Å². The van der Waals surface area contributed by atoms with E-state index >= 15 is 0 Å². The second kappa shape index (κ2) is 10.4. The van der Waals surface area contributed by atoms with Gasteiger partial charge in [-0.2, -0.15) is 8.78 Å². The molecule has 6 nitrogen and oxygen atoms in total. The van der Waals surface area contributed by atoms with Crippen molar-refractivity contribution < 1.29 is 13.6 Å². The zero-order chi connectivity index (χ0) is 22.3. The molecule has 4 aromatic rings. The maximum atomic E-state index is 12.4. The summed E-state index contributed by atoms with van der Waals surface area (Å²) in [6, 6.07) is 19.6. The molecule has 0 radical (unpaired) electrons. The molecule has 0 saturated heterocycles.